The van der Waals surface area contributed by atoms with Crippen molar-refractivity contribution in [3.63, 3.8) is 0 Å². The van der Waals surface area contributed by atoms with Crippen LogP contribution in [0.1, 0.15) is 71.9 Å². The molecule has 0 amide bonds. The summed E-state index contributed by atoms with van der Waals surface area (Å²) in [5.74, 6) is -2.15. The van der Waals surface area contributed by atoms with Crippen LogP contribution >= 0.6 is 11.3 Å². The van der Waals surface area contributed by atoms with Crippen LogP contribution in [0.15, 0.2) is 70.7 Å². The smallest absolute Gasteiger partial charge is 0.357 e. The molecule has 2 aromatic carbocycles. The van der Waals surface area contributed by atoms with Crippen LogP contribution in [0.25, 0.3) is 16.4 Å². The highest BCUT2D eigenvalue weighted by molar-refractivity contribution is 7.79. The quantitative estimate of drug-likeness (QED) is 0.142. The zero-order valence-corrected chi connectivity index (χ0v) is 25.4. The zero-order valence-electron chi connectivity index (χ0n) is 23.8. The molecular weight excluding hydrogens is 611 g/mol. The average Bonchev–Trinajstić information content (AvgIpc) is 3.56. The lowest BCUT2D eigenvalue weighted by Gasteiger charge is -2.28. The van der Waals surface area contributed by atoms with Crippen molar-refractivity contribution in [2.24, 2.45) is 0 Å². The lowest BCUT2D eigenvalue weighted by Crippen LogP contribution is -2.22. The molecule has 2 aliphatic carbocycles. The second-order valence-electron chi connectivity index (χ2n) is 11.1. The molecule has 12 heteroatoms. The topological polar surface area (TPSA) is 97.1 Å². The van der Waals surface area contributed by atoms with Crippen LogP contribution in [0.4, 0.5) is 13.2 Å². The van der Waals surface area contributed by atoms with Crippen LogP contribution in [-0.4, -0.2) is 36.1 Å². The third-order valence-corrected chi connectivity index (χ3v) is 9.34. The lowest BCUT2D eigenvalue weighted by molar-refractivity contribution is 0.0520. The van der Waals surface area contributed by atoms with E-state index in [1.807, 2.05) is 0 Å². The fraction of sp³-hybridized carbons (Fsp3) is 0.281. The molecule has 2 unspecified atom stereocenters. The average molecular weight is 639 g/mol. The van der Waals surface area contributed by atoms with E-state index < -0.39 is 39.0 Å². The highest BCUT2D eigenvalue weighted by Crippen LogP contribution is 2.46. The van der Waals surface area contributed by atoms with Crippen LogP contribution in [0.2, 0.25) is 0 Å². The van der Waals surface area contributed by atoms with Gasteiger partial charge in [-0.25, -0.2) is 27.6 Å². The molecule has 0 bridgehead atoms. The molecular formula is C32H27F3N3O4S2-. The summed E-state index contributed by atoms with van der Waals surface area (Å²) in [6.07, 6.45) is 6.65. The fourth-order valence-corrected chi connectivity index (χ4v) is 6.73. The van der Waals surface area contributed by atoms with Crippen LogP contribution in [0, 0.1) is 11.6 Å². The molecule has 2 aromatic heterocycles. The van der Waals surface area contributed by atoms with Gasteiger partial charge in [0.1, 0.15) is 17.5 Å². The number of rotatable bonds is 9. The molecule has 4 aromatic rings. The van der Waals surface area contributed by atoms with Crippen molar-refractivity contribution < 1.29 is 31.5 Å². The minimum atomic E-state index is -2.73. The minimum Gasteiger partial charge on any atom is -0.768 e. The summed E-state index contributed by atoms with van der Waals surface area (Å²) in [6.45, 7) is 3.67. The lowest BCUT2D eigenvalue weighted by atomic mass is 9.76. The number of esters is 1. The van der Waals surface area contributed by atoms with Gasteiger partial charge in [-0.2, -0.15) is 5.10 Å². The number of nitrogens with zero attached hydrogens (tertiary/aromatic N) is 3. The molecule has 1 fully saturated rings. The van der Waals surface area contributed by atoms with Crippen molar-refractivity contribution in [3.05, 3.63) is 106 Å². The van der Waals surface area contributed by atoms with Crippen molar-refractivity contribution in [1.29, 1.82) is 0 Å². The maximum atomic E-state index is 15.3. The van der Waals surface area contributed by atoms with Crippen LogP contribution < -0.4 is 0 Å². The van der Waals surface area contributed by atoms with Crippen molar-refractivity contribution in [3.8, 4) is 16.4 Å². The van der Waals surface area contributed by atoms with Crippen molar-refractivity contribution in [2.45, 2.75) is 55.8 Å². The molecule has 2 heterocycles. The van der Waals surface area contributed by atoms with Crippen molar-refractivity contribution in [2.75, 3.05) is 6.61 Å². The number of hydrogen-bond acceptors (Lipinski definition) is 7. The van der Waals surface area contributed by atoms with Gasteiger partial charge in [0.25, 0.3) is 0 Å². The van der Waals surface area contributed by atoms with Gasteiger partial charge in [0.15, 0.2) is 5.69 Å². The molecule has 228 valence electrons. The summed E-state index contributed by atoms with van der Waals surface area (Å²) in [5, 5.41) is 6.97. The highest BCUT2D eigenvalue weighted by atomic mass is 32.2. The van der Waals surface area contributed by atoms with E-state index in [2.05, 4.69) is 4.98 Å². The first-order valence-corrected chi connectivity index (χ1v) is 16.0. The van der Waals surface area contributed by atoms with E-state index in [1.165, 1.54) is 35.6 Å². The number of halogens is 3. The summed E-state index contributed by atoms with van der Waals surface area (Å²) in [7, 11) is 0. The second-order valence-corrected chi connectivity index (χ2v) is 12.8. The summed E-state index contributed by atoms with van der Waals surface area (Å²) in [5.41, 5.74) is 2.66. The van der Waals surface area contributed by atoms with Crippen molar-refractivity contribution in [1.82, 2.24) is 14.8 Å². The number of hydrogen-bond donors (Lipinski definition) is 0. The number of benzene rings is 2. The van der Waals surface area contributed by atoms with Crippen LogP contribution in [-0.2, 0) is 27.7 Å². The Labute approximate surface area is 258 Å². The molecule has 2 atom stereocenters. The number of aromatic nitrogens is 3. The summed E-state index contributed by atoms with van der Waals surface area (Å²) < 4.78 is 74.0. The number of ether oxygens (including phenoxy) is 1. The van der Waals surface area contributed by atoms with E-state index in [0.29, 0.717) is 27.5 Å². The normalized spacial score (nSPS) is 18.7. The molecule has 6 rings (SSSR count). The Morgan fingerprint density at radius 3 is 2.66 bits per heavy atom. The molecule has 7 nitrogen and oxygen atoms in total. The van der Waals surface area contributed by atoms with E-state index in [1.54, 1.807) is 54.3 Å². The van der Waals surface area contributed by atoms with E-state index in [4.69, 9.17) is 9.84 Å². The Balaban J connectivity index is 1.52. The van der Waals surface area contributed by atoms with Gasteiger partial charge in [0.2, 0.25) is 5.13 Å². The highest BCUT2D eigenvalue weighted by Gasteiger charge is 2.35. The van der Waals surface area contributed by atoms with Gasteiger partial charge in [0.05, 0.1) is 22.9 Å². The molecule has 0 spiro atoms. The second kappa shape index (κ2) is 11.9. The Bertz CT molecular complexity index is 1860. The van der Waals surface area contributed by atoms with Gasteiger partial charge in [-0.1, -0.05) is 25.1 Å². The largest absolute Gasteiger partial charge is 0.768 e. The third kappa shape index (κ3) is 5.81. The Morgan fingerprint density at radius 2 is 1.98 bits per heavy atom. The molecule has 0 N–H and O–H groups in total. The maximum absolute atomic E-state index is 15.3. The van der Waals surface area contributed by atoms with Crippen LogP contribution in [0.3, 0.4) is 0 Å². The van der Waals surface area contributed by atoms with Gasteiger partial charge in [-0.15, -0.1) is 11.3 Å². The van der Waals surface area contributed by atoms with E-state index in [0.717, 1.165) is 24.1 Å². The summed E-state index contributed by atoms with van der Waals surface area (Å²) in [6, 6.07) is 8.55. The Hall–Kier alpha value is -3.87. The Kier molecular flexibility index (Phi) is 8.16. The molecule has 0 radical (unpaired) electrons. The Morgan fingerprint density at radius 1 is 1.18 bits per heavy atom. The standard InChI is InChI=1S/C32H28F3N3O4S2/c1-3-42-30(39)26-17-43-31(36-26)38-29(19-7-8-19)22(13-18-6-11-27(44(40)41)25(35)14-18)28(37-38)20-9-10-24(34)23(15-20)32(2)12-4-5-21(33)16-32/h4-6,9-12,14-15,17,19H,3,7-8,13,16H2,1-2H3,(H,40,41)/p-1. The molecule has 0 saturated heterocycles. The van der Waals surface area contributed by atoms with E-state index in [-0.39, 0.29) is 36.9 Å². The summed E-state index contributed by atoms with van der Waals surface area (Å²) in [4.78, 5) is 16.4. The van der Waals surface area contributed by atoms with Gasteiger partial charge < -0.3 is 9.29 Å². The first-order valence-electron chi connectivity index (χ1n) is 14.0. The molecule has 1 saturated carbocycles. The van der Waals surface area contributed by atoms with Gasteiger partial charge in [-0.05, 0) is 78.4 Å². The monoisotopic (exact) mass is 638 g/mol. The fourth-order valence-electron chi connectivity index (χ4n) is 5.57. The number of allylic oxidation sites excluding steroid dienone is 4. The molecule has 0 aliphatic heterocycles. The maximum Gasteiger partial charge on any atom is 0.357 e. The predicted octanol–water partition coefficient (Wildman–Crippen LogP) is 7.23. The first kappa shape index (κ1) is 30.2. The number of carbonyl (C=O) groups is 1. The zero-order chi connectivity index (χ0) is 31.2. The van der Waals surface area contributed by atoms with Gasteiger partial charge >= 0.3 is 5.97 Å². The predicted molar refractivity (Wildman–Crippen MR) is 159 cm³/mol. The van der Waals surface area contributed by atoms with Crippen LogP contribution in [0.5, 0.6) is 0 Å². The molecule has 2 aliphatic rings. The first-order chi connectivity index (χ1) is 21.1. The molecule has 44 heavy (non-hydrogen) atoms. The van der Waals surface area contributed by atoms with Gasteiger partial charge in [-0.3, -0.25) is 4.21 Å². The summed E-state index contributed by atoms with van der Waals surface area (Å²) >= 11 is -1.51. The SMILES string of the molecule is CCOC(=O)c1csc(-n2nc(-c3ccc(F)c(C4(C)C=CC=C(F)C4)c3)c(Cc3ccc(S(=O)[O-])c(F)c3)c2C2CC2)n1. The van der Waals surface area contributed by atoms with E-state index >= 15 is 4.39 Å². The van der Waals surface area contributed by atoms with Gasteiger partial charge in [0, 0.05) is 40.7 Å². The van der Waals surface area contributed by atoms with Crippen molar-refractivity contribution >= 4 is 28.4 Å². The number of thiazole rings is 1. The number of carbonyl (C=O) groups excluding carboxylic acids is 1. The third-order valence-electron chi connectivity index (χ3n) is 7.83. The van der Waals surface area contributed by atoms with E-state index in [9.17, 15) is 22.3 Å². The minimum absolute atomic E-state index is 0.000950.